The Morgan fingerprint density at radius 2 is 1.39 bits per heavy atom. The van der Waals surface area contributed by atoms with Crippen LogP contribution in [-0.2, 0) is 27.8 Å². The quantitative estimate of drug-likeness (QED) is 0.847. The van der Waals surface area contributed by atoms with Crippen molar-refractivity contribution in [2.24, 2.45) is 0 Å². The van der Waals surface area contributed by atoms with Crippen LogP contribution in [0.25, 0.3) is 0 Å². The van der Waals surface area contributed by atoms with E-state index < -0.39 is 10.4 Å². The summed E-state index contributed by atoms with van der Waals surface area (Å²) < 4.78 is 36.9. The van der Waals surface area contributed by atoms with Crippen molar-refractivity contribution in [2.75, 3.05) is 14.1 Å². The van der Waals surface area contributed by atoms with Crippen LogP contribution in [-0.4, -0.2) is 32.0 Å². The topological polar surface area (TPSA) is 66.8 Å². The molecule has 0 spiro atoms. The summed E-state index contributed by atoms with van der Waals surface area (Å²) in [4.78, 5) is 2.05. The Balaban J connectivity index is 3.74. The van der Waals surface area contributed by atoms with Crippen LogP contribution < -0.4 is 4.18 Å². The first-order chi connectivity index (χ1) is 10.1. The average molecular weight is 343 g/mol. The van der Waals surface area contributed by atoms with Gasteiger partial charge >= 0.3 is 10.4 Å². The molecule has 0 saturated heterocycles. The Morgan fingerprint density at radius 3 is 1.65 bits per heavy atom. The van der Waals surface area contributed by atoms with Crippen LogP contribution in [0.4, 0.5) is 0 Å². The third-order valence-corrected chi connectivity index (χ3v) is 3.83. The molecule has 1 rings (SSSR count). The third-order valence-electron chi connectivity index (χ3n) is 3.45. The first-order valence-corrected chi connectivity index (χ1v) is 8.97. The van der Waals surface area contributed by atoms with Gasteiger partial charge in [0, 0.05) is 17.7 Å². The summed E-state index contributed by atoms with van der Waals surface area (Å²) in [5, 5.41) is 0. The molecule has 0 unspecified atom stereocenters. The van der Waals surface area contributed by atoms with Crippen molar-refractivity contribution < 1.29 is 17.2 Å². The van der Waals surface area contributed by atoms with Gasteiger partial charge in [-0.3, -0.25) is 4.55 Å². The van der Waals surface area contributed by atoms with Gasteiger partial charge in [-0.1, -0.05) is 53.7 Å². The summed E-state index contributed by atoms with van der Waals surface area (Å²) in [7, 11) is -0.625. The summed E-state index contributed by atoms with van der Waals surface area (Å²) in [5.74, 6) is 0.231. The maximum Gasteiger partial charge on any atom is 0.446 e. The number of benzene rings is 1. The standard InChI is InChI=1S/C17H29NO4S/c1-16(2,3)13-9-12(11-18(7)8)10-14(17(4,5)6)15(13)22-23(19,20)21/h9-10H,11H2,1-8H3,(H,19,20,21). The molecule has 0 aliphatic heterocycles. The van der Waals surface area contributed by atoms with Gasteiger partial charge < -0.3 is 9.08 Å². The van der Waals surface area contributed by atoms with Crippen LogP contribution in [0.1, 0.15) is 58.2 Å². The van der Waals surface area contributed by atoms with Crippen molar-refractivity contribution in [1.29, 1.82) is 0 Å². The zero-order valence-corrected chi connectivity index (χ0v) is 16.2. The lowest BCUT2D eigenvalue weighted by Gasteiger charge is -2.30. The molecule has 1 aromatic rings. The van der Waals surface area contributed by atoms with Gasteiger partial charge in [0.1, 0.15) is 0 Å². The van der Waals surface area contributed by atoms with Crippen molar-refractivity contribution in [2.45, 2.75) is 58.9 Å². The first kappa shape index (κ1) is 19.9. The van der Waals surface area contributed by atoms with E-state index in [4.69, 9.17) is 4.18 Å². The van der Waals surface area contributed by atoms with E-state index in [9.17, 15) is 13.0 Å². The summed E-state index contributed by atoms with van der Waals surface area (Å²) in [6.45, 7) is 12.7. The Kier molecular flexibility index (Phi) is 5.56. The van der Waals surface area contributed by atoms with E-state index in [-0.39, 0.29) is 16.6 Å². The van der Waals surface area contributed by atoms with E-state index in [1.165, 1.54) is 0 Å². The number of nitrogens with zero attached hydrogens (tertiary/aromatic N) is 1. The number of hydrogen-bond acceptors (Lipinski definition) is 4. The van der Waals surface area contributed by atoms with Crippen LogP contribution in [0.3, 0.4) is 0 Å². The van der Waals surface area contributed by atoms with Crippen LogP contribution in [0, 0.1) is 0 Å². The molecule has 0 radical (unpaired) electrons. The summed E-state index contributed by atoms with van der Waals surface area (Å²) in [5.41, 5.74) is 1.94. The Hall–Kier alpha value is -1.11. The van der Waals surface area contributed by atoms with E-state index in [1.807, 2.05) is 67.8 Å². The molecule has 0 atom stereocenters. The minimum absolute atomic E-state index is 0.231. The first-order valence-electron chi connectivity index (χ1n) is 7.61. The maximum atomic E-state index is 11.3. The molecule has 0 saturated carbocycles. The molecule has 0 aliphatic carbocycles. The van der Waals surface area contributed by atoms with Gasteiger partial charge in [0.2, 0.25) is 0 Å². The smallest absolute Gasteiger partial charge is 0.361 e. The highest BCUT2D eigenvalue weighted by molar-refractivity contribution is 7.81. The third kappa shape index (κ3) is 5.79. The van der Waals surface area contributed by atoms with Gasteiger partial charge in [0.15, 0.2) is 5.75 Å². The Morgan fingerprint density at radius 1 is 1.00 bits per heavy atom. The van der Waals surface area contributed by atoms with Crippen molar-refractivity contribution >= 4 is 10.4 Å². The summed E-state index contributed by atoms with van der Waals surface area (Å²) in [6, 6.07) is 3.91. The molecule has 23 heavy (non-hydrogen) atoms. The lowest BCUT2D eigenvalue weighted by atomic mass is 9.78. The lowest BCUT2D eigenvalue weighted by Crippen LogP contribution is -2.23. The molecule has 5 nitrogen and oxygen atoms in total. The molecule has 6 heteroatoms. The van der Waals surface area contributed by atoms with Gasteiger partial charge in [0.25, 0.3) is 0 Å². The molecular formula is C17H29NO4S. The van der Waals surface area contributed by atoms with Gasteiger partial charge in [-0.05, 0) is 30.5 Å². The van der Waals surface area contributed by atoms with E-state index in [0.29, 0.717) is 0 Å². The van der Waals surface area contributed by atoms with Crippen LogP contribution in [0.5, 0.6) is 5.75 Å². The molecule has 0 heterocycles. The summed E-state index contributed by atoms with van der Waals surface area (Å²) >= 11 is 0. The van der Waals surface area contributed by atoms with Crippen LogP contribution in [0.2, 0.25) is 0 Å². The van der Waals surface area contributed by atoms with Crippen molar-refractivity contribution in [3.8, 4) is 5.75 Å². The molecule has 0 bridgehead atoms. The average Bonchev–Trinajstić information content (AvgIpc) is 2.24. The fourth-order valence-electron chi connectivity index (χ4n) is 2.45. The van der Waals surface area contributed by atoms with E-state index >= 15 is 0 Å². The molecule has 1 N–H and O–H groups in total. The normalized spacial score (nSPS) is 13.5. The van der Waals surface area contributed by atoms with Crippen molar-refractivity contribution in [3.05, 3.63) is 28.8 Å². The highest BCUT2D eigenvalue weighted by atomic mass is 32.3. The zero-order chi connectivity index (χ0) is 18.2. The second-order valence-corrected chi connectivity index (χ2v) is 9.29. The van der Waals surface area contributed by atoms with E-state index in [1.54, 1.807) is 0 Å². The van der Waals surface area contributed by atoms with Crippen LogP contribution >= 0.6 is 0 Å². The molecule has 0 aliphatic rings. The predicted molar refractivity (Wildman–Crippen MR) is 93.4 cm³/mol. The fraction of sp³-hybridized carbons (Fsp3) is 0.647. The number of hydrogen-bond donors (Lipinski definition) is 1. The van der Waals surface area contributed by atoms with E-state index in [2.05, 4.69) is 4.90 Å². The minimum Gasteiger partial charge on any atom is -0.361 e. The zero-order valence-electron chi connectivity index (χ0n) is 15.4. The number of rotatable bonds is 4. The highest BCUT2D eigenvalue weighted by Gasteiger charge is 2.30. The SMILES string of the molecule is CN(C)Cc1cc(C(C)(C)C)c(OS(=O)(=O)O)c(C(C)(C)C)c1. The van der Waals surface area contributed by atoms with Crippen molar-refractivity contribution in [1.82, 2.24) is 4.90 Å². The minimum atomic E-state index is -4.59. The van der Waals surface area contributed by atoms with Crippen LogP contribution in [0.15, 0.2) is 12.1 Å². The van der Waals surface area contributed by atoms with Gasteiger partial charge in [-0.15, -0.1) is 0 Å². The molecule has 0 aromatic heterocycles. The van der Waals surface area contributed by atoms with Gasteiger partial charge in [0.05, 0.1) is 0 Å². The van der Waals surface area contributed by atoms with Gasteiger partial charge in [-0.25, -0.2) is 0 Å². The van der Waals surface area contributed by atoms with E-state index in [0.717, 1.165) is 23.2 Å². The highest BCUT2D eigenvalue weighted by Crippen LogP contribution is 2.41. The van der Waals surface area contributed by atoms with Gasteiger partial charge in [-0.2, -0.15) is 8.42 Å². The second kappa shape index (κ2) is 6.42. The Bertz CT molecular complexity index is 630. The Labute approximate surface area is 140 Å². The largest absolute Gasteiger partial charge is 0.446 e. The predicted octanol–water partition coefficient (Wildman–Crippen LogP) is 3.52. The lowest BCUT2D eigenvalue weighted by molar-refractivity contribution is 0.373. The molecule has 1 aromatic carbocycles. The molecule has 0 fully saturated rings. The second-order valence-electron chi connectivity index (χ2n) is 8.27. The fourth-order valence-corrected chi connectivity index (χ4v) is 2.84. The molecule has 132 valence electrons. The van der Waals surface area contributed by atoms with Crippen molar-refractivity contribution in [3.63, 3.8) is 0 Å². The summed E-state index contributed by atoms with van der Waals surface area (Å²) in [6.07, 6.45) is 0. The monoisotopic (exact) mass is 343 g/mol. The molecule has 0 amide bonds. The maximum absolute atomic E-state index is 11.3. The molecular weight excluding hydrogens is 314 g/mol.